The second-order valence-electron chi connectivity index (χ2n) is 4.98. The molecule has 1 aromatic rings. The van der Waals surface area contributed by atoms with Gasteiger partial charge in [0, 0.05) is 21.2 Å². The minimum atomic E-state index is -1.30. The third-order valence-electron chi connectivity index (χ3n) is 3.34. The van der Waals surface area contributed by atoms with E-state index in [1.54, 1.807) is 13.8 Å². The summed E-state index contributed by atoms with van der Waals surface area (Å²) in [5.74, 6) is -1.25. The van der Waals surface area contributed by atoms with Gasteiger partial charge in [-0.3, -0.25) is 9.59 Å². The average molecular weight is 377 g/mol. The Labute approximate surface area is 138 Å². The van der Waals surface area contributed by atoms with E-state index in [0.717, 1.165) is 9.35 Å². The molecule has 4 nitrogen and oxygen atoms in total. The Hall–Kier alpha value is -0.880. The lowest BCUT2D eigenvalue weighted by Gasteiger charge is -2.32. The van der Waals surface area contributed by atoms with Crippen LogP contribution in [0.1, 0.15) is 32.6 Å². The molecule has 0 saturated heterocycles. The van der Waals surface area contributed by atoms with Crippen molar-refractivity contribution >= 4 is 39.2 Å². The molecule has 0 aliphatic carbocycles. The minimum absolute atomic E-state index is 0.225. The van der Waals surface area contributed by atoms with E-state index in [9.17, 15) is 9.59 Å². The molecule has 0 bridgehead atoms. The fourth-order valence-electron chi connectivity index (χ4n) is 2.14. The quantitative estimate of drug-likeness (QED) is 0.536. The molecule has 0 spiro atoms. The molecule has 0 aromatic carbocycles. The van der Waals surface area contributed by atoms with Crippen molar-refractivity contribution in [3.8, 4) is 0 Å². The van der Waals surface area contributed by atoms with Gasteiger partial charge in [0.25, 0.3) is 0 Å². The molecule has 0 unspecified atom stereocenters. The van der Waals surface area contributed by atoms with Crippen LogP contribution < -0.4 is 0 Å². The summed E-state index contributed by atoms with van der Waals surface area (Å²) < 4.78 is 11.3. The van der Waals surface area contributed by atoms with Crippen molar-refractivity contribution in [3.63, 3.8) is 0 Å². The highest BCUT2D eigenvalue weighted by molar-refractivity contribution is 9.10. The summed E-state index contributed by atoms with van der Waals surface area (Å²) in [6.45, 7) is 7.63. The first-order valence-electron chi connectivity index (χ1n) is 6.95. The number of carbonyl (C=O) groups is 2. The Morgan fingerprint density at radius 2 is 1.76 bits per heavy atom. The molecule has 0 N–H and O–H groups in total. The van der Waals surface area contributed by atoms with Gasteiger partial charge < -0.3 is 9.47 Å². The average Bonchev–Trinajstić information content (AvgIpc) is 2.81. The van der Waals surface area contributed by atoms with Crippen LogP contribution in [0.2, 0.25) is 0 Å². The second kappa shape index (κ2) is 7.94. The van der Waals surface area contributed by atoms with Gasteiger partial charge in [0.1, 0.15) is 0 Å². The summed E-state index contributed by atoms with van der Waals surface area (Å²) in [4.78, 5) is 25.9. The van der Waals surface area contributed by atoms with Crippen molar-refractivity contribution in [1.29, 1.82) is 0 Å². The topological polar surface area (TPSA) is 52.6 Å². The number of rotatable bonds is 7. The predicted molar refractivity (Wildman–Crippen MR) is 86.3 cm³/mol. The van der Waals surface area contributed by atoms with Crippen molar-refractivity contribution in [2.75, 3.05) is 13.2 Å². The van der Waals surface area contributed by atoms with Crippen LogP contribution in [0.5, 0.6) is 0 Å². The molecule has 118 valence electrons. The first-order valence-corrected chi connectivity index (χ1v) is 8.63. The van der Waals surface area contributed by atoms with E-state index in [4.69, 9.17) is 9.47 Å². The van der Waals surface area contributed by atoms with Crippen molar-refractivity contribution in [3.05, 3.63) is 20.8 Å². The van der Waals surface area contributed by atoms with Crippen molar-refractivity contribution < 1.29 is 19.1 Å². The number of esters is 2. The van der Waals surface area contributed by atoms with E-state index >= 15 is 0 Å². The van der Waals surface area contributed by atoms with Gasteiger partial charge >= 0.3 is 11.9 Å². The standard InChI is InChI=1S/C15H21BrO4S/c1-5-19-13(17)15(10(3)4,14(18)20-6-2)8-12-7-11(16)9-21-12/h7,9-10H,5-6,8H2,1-4H3. The summed E-state index contributed by atoms with van der Waals surface area (Å²) in [5, 5.41) is 1.93. The van der Waals surface area contributed by atoms with Gasteiger partial charge in [-0.15, -0.1) is 11.3 Å². The van der Waals surface area contributed by atoms with Gasteiger partial charge in [0.15, 0.2) is 5.41 Å². The van der Waals surface area contributed by atoms with Crippen molar-refractivity contribution in [2.45, 2.75) is 34.1 Å². The summed E-state index contributed by atoms with van der Waals surface area (Å²) in [5.41, 5.74) is -1.30. The number of hydrogen-bond donors (Lipinski definition) is 0. The molecule has 0 atom stereocenters. The van der Waals surface area contributed by atoms with Crippen LogP contribution in [0.4, 0.5) is 0 Å². The third-order valence-corrected chi connectivity index (χ3v) is 5.04. The van der Waals surface area contributed by atoms with Gasteiger partial charge in [-0.2, -0.15) is 0 Å². The van der Waals surface area contributed by atoms with Gasteiger partial charge in [-0.05, 0) is 41.8 Å². The fraction of sp³-hybridized carbons (Fsp3) is 0.600. The molecule has 21 heavy (non-hydrogen) atoms. The molecule has 0 aliphatic heterocycles. The molecule has 0 saturated carbocycles. The summed E-state index contributed by atoms with van der Waals surface area (Å²) in [7, 11) is 0. The number of halogens is 1. The minimum Gasteiger partial charge on any atom is -0.465 e. The lowest BCUT2D eigenvalue weighted by molar-refractivity contribution is -0.175. The molecule has 6 heteroatoms. The van der Waals surface area contributed by atoms with Crippen LogP contribution in [0.3, 0.4) is 0 Å². The smallest absolute Gasteiger partial charge is 0.324 e. The molecule has 0 amide bonds. The Balaban J connectivity index is 3.22. The van der Waals surface area contributed by atoms with E-state index in [1.165, 1.54) is 11.3 Å². The van der Waals surface area contributed by atoms with Gasteiger partial charge in [-0.25, -0.2) is 0 Å². The second-order valence-corrected chi connectivity index (χ2v) is 6.89. The maximum atomic E-state index is 12.5. The Kier molecular flexibility index (Phi) is 6.87. The van der Waals surface area contributed by atoms with Crippen LogP contribution in [0.15, 0.2) is 15.9 Å². The van der Waals surface area contributed by atoms with Crippen LogP contribution in [-0.2, 0) is 25.5 Å². The van der Waals surface area contributed by atoms with E-state index in [-0.39, 0.29) is 19.1 Å². The lowest BCUT2D eigenvalue weighted by Crippen LogP contribution is -2.47. The molecular weight excluding hydrogens is 356 g/mol. The van der Waals surface area contributed by atoms with Crippen LogP contribution in [0, 0.1) is 11.3 Å². The largest absolute Gasteiger partial charge is 0.465 e. The highest BCUT2D eigenvalue weighted by atomic mass is 79.9. The normalized spacial score (nSPS) is 11.5. The number of ether oxygens (including phenoxy) is 2. The monoisotopic (exact) mass is 376 g/mol. The number of carbonyl (C=O) groups excluding carboxylic acids is 2. The third kappa shape index (κ3) is 4.07. The van der Waals surface area contributed by atoms with Crippen LogP contribution >= 0.6 is 27.3 Å². The highest BCUT2D eigenvalue weighted by Crippen LogP contribution is 2.37. The van der Waals surface area contributed by atoms with Gasteiger partial charge in [0.2, 0.25) is 0 Å². The van der Waals surface area contributed by atoms with E-state index in [1.807, 2.05) is 25.3 Å². The van der Waals surface area contributed by atoms with E-state index in [0.29, 0.717) is 6.42 Å². The Morgan fingerprint density at radius 3 is 2.10 bits per heavy atom. The maximum absolute atomic E-state index is 12.5. The lowest BCUT2D eigenvalue weighted by atomic mass is 9.74. The molecule has 0 aliphatic rings. The maximum Gasteiger partial charge on any atom is 0.324 e. The molecule has 1 aromatic heterocycles. The van der Waals surface area contributed by atoms with Crippen molar-refractivity contribution in [2.24, 2.45) is 11.3 Å². The summed E-state index contributed by atoms with van der Waals surface area (Å²) in [6, 6.07) is 1.92. The predicted octanol–water partition coefficient (Wildman–Crippen LogP) is 3.82. The summed E-state index contributed by atoms with van der Waals surface area (Å²) in [6.07, 6.45) is 0.290. The molecule has 0 fully saturated rings. The fourth-order valence-corrected chi connectivity index (χ4v) is 3.69. The van der Waals surface area contributed by atoms with Gasteiger partial charge in [-0.1, -0.05) is 13.8 Å². The van der Waals surface area contributed by atoms with Gasteiger partial charge in [0.05, 0.1) is 13.2 Å². The molecule has 1 rings (SSSR count). The zero-order chi connectivity index (χ0) is 16.0. The Bertz CT molecular complexity index is 478. The SMILES string of the molecule is CCOC(=O)C(Cc1cc(Br)cs1)(C(=O)OCC)C(C)C. The zero-order valence-corrected chi connectivity index (χ0v) is 15.2. The Morgan fingerprint density at radius 1 is 1.24 bits per heavy atom. The number of hydrogen-bond acceptors (Lipinski definition) is 5. The first kappa shape index (κ1) is 18.2. The summed E-state index contributed by atoms with van der Waals surface area (Å²) >= 11 is 4.89. The molecular formula is C15H21BrO4S. The molecule has 0 radical (unpaired) electrons. The zero-order valence-electron chi connectivity index (χ0n) is 12.8. The van der Waals surface area contributed by atoms with E-state index in [2.05, 4.69) is 15.9 Å². The number of thiophene rings is 1. The van der Waals surface area contributed by atoms with E-state index < -0.39 is 17.4 Å². The molecule has 1 heterocycles. The van der Waals surface area contributed by atoms with Crippen LogP contribution in [0.25, 0.3) is 0 Å². The highest BCUT2D eigenvalue weighted by Gasteiger charge is 2.51. The van der Waals surface area contributed by atoms with Crippen molar-refractivity contribution in [1.82, 2.24) is 0 Å². The first-order chi connectivity index (χ1) is 9.88. The van der Waals surface area contributed by atoms with Crippen LogP contribution in [-0.4, -0.2) is 25.2 Å².